The van der Waals surface area contributed by atoms with Crippen LogP contribution in [0.1, 0.15) is 12.5 Å². The smallest absolute Gasteiger partial charge is 0.149 e. The molecule has 124 valence electrons. The Bertz CT molecular complexity index is 742. The maximum atomic E-state index is 6.34. The van der Waals surface area contributed by atoms with Gasteiger partial charge in [0.05, 0.1) is 35.8 Å². The molecule has 1 fully saturated rings. The number of methoxy groups -OCH3 is 3. The largest absolute Gasteiger partial charge is 0.496 e. The number of ether oxygens (including phenoxy) is 3. The Hall–Kier alpha value is -0.910. The van der Waals surface area contributed by atoms with Crippen molar-refractivity contribution in [3.05, 3.63) is 28.8 Å². The summed E-state index contributed by atoms with van der Waals surface area (Å²) in [6.45, 7) is 2.26. The van der Waals surface area contributed by atoms with Crippen LogP contribution in [0.5, 0.6) is 17.2 Å². The number of fused-ring (bicyclic) bond motifs is 1. The minimum absolute atomic E-state index is 0.0271. The van der Waals surface area contributed by atoms with Gasteiger partial charge in [0.15, 0.2) is 0 Å². The molecule has 0 aliphatic carbocycles. The summed E-state index contributed by atoms with van der Waals surface area (Å²) in [4.78, 5) is 0. The molecular weight excluding hydrogens is 352 g/mol. The van der Waals surface area contributed by atoms with Crippen LogP contribution in [0.25, 0.3) is 10.8 Å². The molecule has 2 aromatic rings. The van der Waals surface area contributed by atoms with Crippen LogP contribution in [0.4, 0.5) is 0 Å². The summed E-state index contributed by atoms with van der Waals surface area (Å²) in [5.41, 5.74) is 1.22. The fourth-order valence-electron chi connectivity index (χ4n) is 2.89. The molecule has 1 aliphatic rings. The monoisotopic (exact) mass is 370 g/mol. The molecule has 0 N–H and O–H groups in total. The lowest BCUT2D eigenvalue weighted by Gasteiger charge is -2.25. The average Bonchev–Trinajstić information content (AvgIpc) is 3.01. The zero-order valence-electron chi connectivity index (χ0n) is 13.6. The van der Waals surface area contributed by atoms with Gasteiger partial charge in [-0.2, -0.15) is 0 Å². The number of hydrogen-bond donors (Lipinski definition) is 0. The predicted octanol–water partition coefficient (Wildman–Crippen LogP) is 5.17. The van der Waals surface area contributed by atoms with Gasteiger partial charge in [0, 0.05) is 23.0 Å². The molecule has 0 spiro atoms. The molecule has 0 bridgehead atoms. The van der Waals surface area contributed by atoms with E-state index in [0.29, 0.717) is 10.8 Å². The molecule has 0 saturated carbocycles. The summed E-state index contributed by atoms with van der Waals surface area (Å²) < 4.78 is 16.7. The van der Waals surface area contributed by atoms with Gasteiger partial charge in [-0.15, -0.1) is 23.5 Å². The zero-order chi connectivity index (χ0) is 16.6. The lowest BCUT2D eigenvalue weighted by atomic mass is 10.0. The molecule has 1 saturated heterocycles. The first kappa shape index (κ1) is 16.9. The van der Waals surface area contributed by atoms with E-state index in [2.05, 4.69) is 19.1 Å². The highest BCUT2D eigenvalue weighted by Crippen LogP contribution is 2.54. The first-order chi connectivity index (χ1) is 11.0. The van der Waals surface area contributed by atoms with Crippen LogP contribution in [-0.4, -0.2) is 32.8 Å². The number of halogens is 1. The van der Waals surface area contributed by atoms with Gasteiger partial charge in [-0.05, 0) is 24.6 Å². The number of hydrogen-bond acceptors (Lipinski definition) is 5. The van der Waals surface area contributed by atoms with E-state index >= 15 is 0 Å². The standard InChI is InChI=1S/C17H19ClO3S2/c1-17(22-5-6-23-17)10-7-11-13(19-2)9-12(18)16(21-4)15(11)14(8-10)20-3/h7-9H,5-6H2,1-4H3. The fraction of sp³-hybridized carbons (Fsp3) is 0.412. The first-order valence-corrected chi connectivity index (χ1v) is 9.59. The highest BCUT2D eigenvalue weighted by molar-refractivity contribution is 8.20. The Labute approximate surface area is 150 Å². The van der Waals surface area contributed by atoms with Gasteiger partial charge < -0.3 is 14.2 Å². The third-order valence-electron chi connectivity index (χ3n) is 4.08. The van der Waals surface area contributed by atoms with Crippen molar-refractivity contribution in [2.24, 2.45) is 0 Å². The van der Waals surface area contributed by atoms with Crippen LogP contribution in [0.15, 0.2) is 18.2 Å². The van der Waals surface area contributed by atoms with Crippen molar-refractivity contribution in [1.29, 1.82) is 0 Å². The highest BCUT2D eigenvalue weighted by atomic mass is 35.5. The lowest BCUT2D eigenvalue weighted by molar-refractivity contribution is 0.400. The van der Waals surface area contributed by atoms with Gasteiger partial charge in [0.1, 0.15) is 17.2 Å². The summed E-state index contributed by atoms with van der Waals surface area (Å²) in [6.07, 6.45) is 0. The van der Waals surface area contributed by atoms with Gasteiger partial charge in [-0.3, -0.25) is 0 Å². The topological polar surface area (TPSA) is 27.7 Å². The third kappa shape index (κ3) is 2.83. The quantitative estimate of drug-likeness (QED) is 0.740. The van der Waals surface area contributed by atoms with E-state index in [1.54, 1.807) is 27.4 Å². The number of benzene rings is 2. The molecule has 0 atom stereocenters. The predicted molar refractivity (Wildman–Crippen MR) is 101 cm³/mol. The molecule has 1 heterocycles. The maximum Gasteiger partial charge on any atom is 0.149 e. The van der Waals surface area contributed by atoms with Gasteiger partial charge in [-0.25, -0.2) is 0 Å². The molecule has 3 nitrogen and oxygen atoms in total. The molecule has 0 aromatic heterocycles. The van der Waals surface area contributed by atoms with Crippen LogP contribution in [0.2, 0.25) is 5.02 Å². The first-order valence-electron chi connectivity index (χ1n) is 7.24. The second kappa shape index (κ2) is 6.54. The third-order valence-corrected chi connectivity index (χ3v) is 7.71. The molecule has 3 rings (SSSR count). The van der Waals surface area contributed by atoms with Crippen molar-refractivity contribution in [3.63, 3.8) is 0 Å². The Morgan fingerprint density at radius 1 is 0.957 bits per heavy atom. The van der Waals surface area contributed by atoms with Crippen molar-refractivity contribution < 1.29 is 14.2 Å². The summed E-state index contributed by atoms with van der Waals surface area (Å²) in [5.74, 6) is 4.40. The average molecular weight is 371 g/mol. The van der Waals surface area contributed by atoms with Crippen LogP contribution in [0.3, 0.4) is 0 Å². The SMILES string of the molecule is COc1cc(Cl)c(OC)c2c(OC)cc(C3(C)SCCS3)cc12. The summed E-state index contributed by atoms with van der Waals surface area (Å²) in [7, 11) is 4.94. The molecule has 1 aliphatic heterocycles. The van der Waals surface area contributed by atoms with E-state index in [-0.39, 0.29) is 4.08 Å². The second-order valence-electron chi connectivity index (χ2n) is 5.34. The van der Waals surface area contributed by atoms with Crippen LogP contribution < -0.4 is 14.2 Å². The molecular formula is C17H19ClO3S2. The number of thioether (sulfide) groups is 2. The Kier molecular flexibility index (Phi) is 4.81. The Balaban J connectivity index is 2.34. The maximum absolute atomic E-state index is 6.34. The van der Waals surface area contributed by atoms with Crippen LogP contribution in [0, 0.1) is 0 Å². The Morgan fingerprint density at radius 3 is 2.17 bits per heavy atom. The van der Waals surface area contributed by atoms with Crippen LogP contribution in [-0.2, 0) is 4.08 Å². The van der Waals surface area contributed by atoms with E-state index in [4.69, 9.17) is 25.8 Å². The fourth-order valence-corrected chi connectivity index (χ4v) is 6.01. The van der Waals surface area contributed by atoms with Gasteiger partial charge >= 0.3 is 0 Å². The minimum atomic E-state index is 0.0271. The Morgan fingerprint density at radius 2 is 1.61 bits per heavy atom. The second-order valence-corrected chi connectivity index (χ2v) is 9.03. The van der Waals surface area contributed by atoms with E-state index in [1.807, 2.05) is 23.5 Å². The van der Waals surface area contributed by atoms with Gasteiger partial charge in [0.2, 0.25) is 0 Å². The van der Waals surface area contributed by atoms with Gasteiger partial charge in [-0.1, -0.05) is 11.6 Å². The number of rotatable bonds is 4. The van der Waals surface area contributed by atoms with Crippen molar-refractivity contribution in [2.75, 3.05) is 32.8 Å². The molecule has 0 radical (unpaired) electrons. The highest BCUT2D eigenvalue weighted by Gasteiger charge is 2.34. The molecule has 0 amide bonds. The van der Waals surface area contributed by atoms with Crippen molar-refractivity contribution in [1.82, 2.24) is 0 Å². The van der Waals surface area contributed by atoms with E-state index in [0.717, 1.165) is 33.8 Å². The molecule has 6 heteroatoms. The summed E-state index contributed by atoms with van der Waals surface area (Å²) in [5, 5.41) is 2.32. The molecule has 23 heavy (non-hydrogen) atoms. The van der Waals surface area contributed by atoms with E-state index in [1.165, 1.54) is 5.56 Å². The van der Waals surface area contributed by atoms with Gasteiger partial charge in [0.25, 0.3) is 0 Å². The lowest BCUT2D eigenvalue weighted by Crippen LogP contribution is -2.09. The molecule has 0 unspecified atom stereocenters. The van der Waals surface area contributed by atoms with E-state index < -0.39 is 0 Å². The van der Waals surface area contributed by atoms with E-state index in [9.17, 15) is 0 Å². The van der Waals surface area contributed by atoms with Crippen molar-refractivity contribution in [3.8, 4) is 17.2 Å². The minimum Gasteiger partial charge on any atom is -0.496 e. The summed E-state index contributed by atoms with van der Waals surface area (Å²) >= 11 is 10.3. The van der Waals surface area contributed by atoms with Crippen molar-refractivity contribution in [2.45, 2.75) is 11.0 Å². The zero-order valence-corrected chi connectivity index (χ0v) is 16.0. The molecule has 2 aromatic carbocycles. The van der Waals surface area contributed by atoms with Crippen molar-refractivity contribution >= 4 is 45.9 Å². The van der Waals surface area contributed by atoms with Crippen LogP contribution >= 0.6 is 35.1 Å². The summed E-state index contributed by atoms with van der Waals surface area (Å²) in [6, 6.07) is 6.05. The normalized spacial score (nSPS) is 16.6.